The van der Waals surface area contributed by atoms with Gasteiger partial charge in [0, 0.05) is 10.8 Å². The predicted molar refractivity (Wildman–Crippen MR) is 132 cm³/mol. The Labute approximate surface area is 186 Å². The van der Waals surface area contributed by atoms with Crippen LogP contribution < -0.4 is 0 Å². The Morgan fingerprint density at radius 1 is 0.500 bits per heavy atom. The van der Waals surface area contributed by atoms with Gasteiger partial charge in [0.15, 0.2) is 0 Å². The molecule has 6 rings (SSSR count). The summed E-state index contributed by atoms with van der Waals surface area (Å²) < 4.78 is 16.7. The Morgan fingerprint density at radius 3 is 1.97 bits per heavy atom. The van der Waals surface area contributed by atoms with Crippen LogP contribution in [0.3, 0.4) is 0 Å². The molecule has 0 aliphatic rings. The summed E-state index contributed by atoms with van der Waals surface area (Å²) in [4.78, 5) is 0. The largest absolute Gasteiger partial charge is 0.309 e. The van der Waals surface area contributed by atoms with Gasteiger partial charge in [0.05, 0.1) is 16.9 Å². The molecule has 0 saturated heterocycles. The van der Waals surface area contributed by atoms with E-state index in [-0.39, 0.29) is 5.82 Å². The summed E-state index contributed by atoms with van der Waals surface area (Å²) in [7, 11) is 0. The van der Waals surface area contributed by atoms with Crippen LogP contribution in [0.25, 0.3) is 49.7 Å². The van der Waals surface area contributed by atoms with Crippen LogP contribution in [0.15, 0.2) is 121 Å². The highest BCUT2D eigenvalue weighted by Crippen LogP contribution is 2.37. The molecule has 0 bridgehead atoms. The fourth-order valence-corrected chi connectivity index (χ4v) is 4.53. The van der Waals surface area contributed by atoms with E-state index in [9.17, 15) is 4.39 Å². The summed E-state index contributed by atoms with van der Waals surface area (Å²) in [6.07, 6.45) is 0. The van der Waals surface area contributed by atoms with Crippen molar-refractivity contribution in [2.24, 2.45) is 0 Å². The van der Waals surface area contributed by atoms with Gasteiger partial charge in [0.1, 0.15) is 5.82 Å². The van der Waals surface area contributed by atoms with Crippen molar-refractivity contribution < 1.29 is 4.39 Å². The molecule has 0 spiro atoms. The summed E-state index contributed by atoms with van der Waals surface area (Å²) in [6.45, 7) is 0. The van der Waals surface area contributed by atoms with Crippen LogP contribution in [-0.2, 0) is 0 Å². The minimum Gasteiger partial charge on any atom is -0.309 e. The first-order valence-corrected chi connectivity index (χ1v) is 10.7. The second kappa shape index (κ2) is 7.51. The molecule has 1 heterocycles. The van der Waals surface area contributed by atoms with Gasteiger partial charge in [0.2, 0.25) is 0 Å². The van der Waals surface area contributed by atoms with Crippen molar-refractivity contribution in [3.8, 4) is 28.1 Å². The molecule has 2 heteroatoms. The maximum Gasteiger partial charge on any atom is 0.123 e. The van der Waals surface area contributed by atoms with E-state index in [4.69, 9.17) is 0 Å². The number of halogens is 1. The smallest absolute Gasteiger partial charge is 0.123 e. The van der Waals surface area contributed by atoms with Crippen molar-refractivity contribution in [1.29, 1.82) is 0 Å². The molecule has 0 amide bonds. The summed E-state index contributed by atoms with van der Waals surface area (Å²) in [5.41, 5.74) is 6.53. The fraction of sp³-hybridized carbons (Fsp3) is 0. The Balaban J connectivity index is 1.75. The van der Waals surface area contributed by atoms with E-state index in [1.807, 2.05) is 30.3 Å². The van der Waals surface area contributed by atoms with Gasteiger partial charge in [-0.3, -0.25) is 0 Å². The quantitative estimate of drug-likeness (QED) is 0.275. The molecule has 1 aromatic heterocycles. The van der Waals surface area contributed by atoms with Gasteiger partial charge < -0.3 is 4.57 Å². The monoisotopic (exact) mass is 413 g/mol. The predicted octanol–water partition coefficient (Wildman–Crippen LogP) is 8.26. The van der Waals surface area contributed by atoms with Crippen LogP contribution in [-0.4, -0.2) is 4.57 Å². The molecule has 0 unspecified atom stereocenters. The summed E-state index contributed by atoms with van der Waals surface area (Å²) in [5, 5.41) is 3.06. The molecule has 0 atom stereocenters. The molecule has 0 saturated carbocycles. The summed E-state index contributed by atoms with van der Waals surface area (Å²) in [6, 6.07) is 40.6. The number of aromatic nitrogens is 1. The number of nitrogens with zero attached hydrogens (tertiary/aromatic N) is 1. The summed E-state index contributed by atoms with van der Waals surface area (Å²) in [5.74, 6) is -0.232. The Hall–Kier alpha value is -4.17. The third-order valence-electron chi connectivity index (χ3n) is 6.02. The number of rotatable bonds is 3. The lowest BCUT2D eigenvalue weighted by Gasteiger charge is -2.16. The van der Waals surface area contributed by atoms with Crippen molar-refractivity contribution in [2.75, 3.05) is 0 Å². The molecular weight excluding hydrogens is 393 g/mol. The molecular formula is C30H20FN. The SMILES string of the molecule is Fc1ccc2cc(-c3ccccc3)cc(-n3c(-c4ccccc4)cc4ccccc43)c2c1. The van der Waals surface area contributed by atoms with E-state index >= 15 is 0 Å². The van der Waals surface area contributed by atoms with E-state index in [1.165, 1.54) is 6.07 Å². The second-order valence-electron chi connectivity index (χ2n) is 8.02. The number of hydrogen-bond donors (Lipinski definition) is 0. The van der Waals surface area contributed by atoms with Crippen molar-refractivity contribution in [1.82, 2.24) is 4.57 Å². The van der Waals surface area contributed by atoms with Crippen molar-refractivity contribution >= 4 is 21.7 Å². The van der Waals surface area contributed by atoms with Gasteiger partial charge in [-0.25, -0.2) is 4.39 Å². The zero-order valence-electron chi connectivity index (χ0n) is 17.4. The first kappa shape index (κ1) is 18.6. The lowest BCUT2D eigenvalue weighted by atomic mass is 9.99. The third-order valence-corrected chi connectivity index (χ3v) is 6.02. The molecule has 6 aromatic rings. The number of benzene rings is 5. The number of hydrogen-bond acceptors (Lipinski definition) is 0. The van der Waals surface area contributed by atoms with Crippen LogP contribution in [0.4, 0.5) is 4.39 Å². The summed E-state index contributed by atoms with van der Waals surface area (Å²) >= 11 is 0. The highest BCUT2D eigenvalue weighted by molar-refractivity contribution is 5.98. The number of fused-ring (bicyclic) bond motifs is 2. The molecule has 5 aromatic carbocycles. The lowest BCUT2D eigenvalue weighted by Crippen LogP contribution is -1.99. The average molecular weight is 413 g/mol. The first-order chi connectivity index (χ1) is 15.8. The second-order valence-corrected chi connectivity index (χ2v) is 8.02. The van der Waals surface area contributed by atoms with Gasteiger partial charge in [0.25, 0.3) is 0 Å². The van der Waals surface area contributed by atoms with E-state index < -0.39 is 0 Å². The Bertz CT molecular complexity index is 1560. The van der Waals surface area contributed by atoms with E-state index in [1.54, 1.807) is 6.07 Å². The maximum absolute atomic E-state index is 14.4. The zero-order chi connectivity index (χ0) is 21.5. The Morgan fingerprint density at radius 2 is 1.19 bits per heavy atom. The standard InChI is InChI=1S/C30H20FN/c31-26-16-15-23-17-25(21-9-3-1-4-10-21)19-30(27(23)20-26)32-28-14-8-7-13-24(28)18-29(32)22-11-5-2-6-12-22/h1-20H. The van der Waals surface area contributed by atoms with Gasteiger partial charge in [-0.2, -0.15) is 0 Å². The molecule has 0 N–H and O–H groups in total. The zero-order valence-corrected chi connectivity index (χ0v) is 17.4. The van der Waals surface area contributed by atoms with Gasteiger partial charge in [-0.05, 0) is 58.5 Å². The topological polar surface area (TPSA) is 4.93 Å². The molecule has 0 fully saturated rings. The van der Waals surface area contributed by atoms with E-state index in [0.29, 0.717) is 0 Å². The molecule has 0 aliphatic heterocycles. The first-order valence-electron chi connectivity index (χ1n) is 10.7. The normalized spacial score (nSPS) is 11.3. The minimum absolute atomic E-state index is 0.232. The molecule has 32 heavy (non-hydrogen) atoms. The molecule has 0 radical (unpaired) electrons. The van der Waals surface area contributed by atoms with Gasteiger partial charge in [-0.15, -0.1) is 0 Å². The van der Waals surface area contributed by atoms with E-state index in [0.717, 1.165) is 49.7 Å². The minimum atomic E-state index is -0.232. The molecule has 152 valence electrons. The highest BCUT2D eigenvalue weighted by atomic mass is 19.1. The fourth-order valence-electron chi connectivity index (χ4n) is 4.53. The van der Waals surface area contributed by atoms with Crippen LogP contribution in [0.5, 0.6) is 0 Å². The van der Waals surface area contributed by atoms with Crippen LogP contribution in [0.1, 0.15) is 0 Å². The van der Waals surface area contributed by atoms with Crippen molar-refractivity contribution in [3.05, 3.63) is 127 Å². The highest BCUT2D eigenvalue weighted by Gasteiger charge is 2.16. The van der Waals surface area contributed by atoms with Crippen molar-refractivity contribution in [3.63, 3.8) is 0 Å². The maximum atomic E-state index is 14.4. The van der Waals surface area contributed by atoms with Gasteiger partial charge in [-0.1, -0.05) is 84.9 Å². The van der Waals surface area contributed by atoms with Crippen LogP contribution in [0.2, 0.25) is 0 Å². The average Bonchev–Trinajstić information content (AvgIpc) is 3.24. The van der Waals surface area contributed by atoms with Crippen molar-refractivity contribution in [2.45, 2.75) is 0 Å². The lowest BCUT2D eigenvalue weighted by molar-refractivity contribution is 0.629. The Kier molecular flexibility index (Phi) is 4.36. The van der Waals surface area contributed by atoms with Gasteiger partial charge >= 0.3 is 0 Å². The van der Waals surface area contributed by atoms with E-state index in [2.05, 4.69) is 83.4 Å². The molecule has 0 aliphatic carbocycles. The number of para-hydroxylation sites is 1. The molecule has 1 nitrogen and oxygen atoms in total. The van der Waals surface area contributed by atoms with Crippen LogP contribution >= 0.6 is 0 Å². The van der Waals surface area contributed by atoms with Crippen LogP contribution in [0, 0.1) is 5.82 Å². The third kappa shape index (κ3) is 3.09.